The minimum absolute atomic E-state index is 0.160. The molecule has 0 aliphatic carbocycles. The van der Waals surface area contributed by atoms with Crippen LogP contribution >= 0.6 is 0 Å². The van der Waals surface area contributed by atoms with Crippen LogP contribution in [0.1, 0.15) is 39.2 Å². The predicted octanol–water partition coefficient (Wildman–Crippen LogP) is 2.89. The summed E-state index contributed by atoms with van der Waals surface area (Å²) >= 11 is 0. The van der Waals surface area contributed by atoms with Gasteiger partial charge in [-0.25, -0.2) is 4.79 Å². The SMILES string of the molecule is CO.COc1ccccc1CN1CC2CCC(C1)N2C(=O)OC(C)(C)C. The summed E-state index contributed by atoms with van der Waals surface area (Å²) in [6.07, 6.45) is 1.96. The number of rotatable bonds is 3. The molecule has 2 saturated heterocycles. The van der Waals surface area contributed by atoms with Crippen LogP contribution in [-0.4, -0.2) is 66.0 Å². The van der Waals surface area contributed by atoms with Gasteiger partial charge in [-0.15, -0.1) is 0 Å². The molecule has 2 bridgehead atoms. The van der Waals surface area contributed by atoms with E-state index in [1.807, 2.05) is 43.9 Å². The maximum Gasteiger partial charge on any atom is 0.410 e. The zero-order valence-corrected chi connectivity index (χ0v) is 16.6. The fraction of sp³-hybridized carbons (Fsp3) is 0.650. The highest BCUT2D eigenvalue weighted by Crippen LogP contribution is 2.33. The van der Waals surface area contributed by atoms with Crippen LogP contribution in [0.2, 0.25) is 0 Å². The first-order chi connectivity index (χ1) is 12.4. The normalized spacial score (nSPS) is 22.5. The Balaban J connectivity index is 0.00000117. The van der Waals surface area contributed by atoms with Crippen molar-refractivity contribution in [3.8, 4) is 5.75 Å². The van der Waals surface area contributed by atoms with E-state index < -0.39 is 5.60 Å². The molecule has 0 aromatic heterocycles. The van der Waals surface area contributed by atoms with Crippen molar-refractivity contribution in [2.75, 3.05) is 27.3 Å². The summed E-state index contributed by atoms with van der Waals surface area (Å²) in [6.45, 7) is 8.42. The lowest BCUT2D eigenvalue weighted by Gasteiger charge is -2.41. The van der Waals surface area contributed by atoms with Crippen molar-refractivity contribution in [3.05, 3.63) is 29.8 Å². The second-order valence-corrected chi connectivity index (χ2v) is 7.78. The number of hydrogen-bond acceptors (Lipinski definition) is 5. The topological polar surface area (TPSA) is 62.2 Å². The number of piperazine rings is 1. The van der Waals surface area contributed by atoms with Crippen LogP contribution in [0.4, 0.5) is 4.79 Å². The molecule has 26 heavy (non-hydrogen) atoms. The van der Waals surface area contributed by atoms with Crippen LogP contribution < -0.4 is 4.74 Å². The summed E-state index contributed by atoms with van der Waals surface area (Å²) in [5, 5.41) is 7.00. The Morgan fingerprint density at radius 3 is 2.27 bits per heavy atom. The molecule has 1 aromatic rings. The molecule has 6 nitrogen and oxygen atoms in total. The van der Waals surface area contributed by atoms with Crippen molar-refractivity contribution in [2.45, 2.75) is 57.8 Å². The van der Waals surface area contributed by atoms with Gasteiger partial charge in [0.1, 0.15) is 11.4 Å². The van der Waals surface area contributed by atoms with E-state index in [2.05, 4.69) is 11.0 Å². The van der Waals surface area contributed by atoms with Crippen molar-refractivity contribution in [1.29, 1.82) is 0 Å². The van der Waals surface area contributed by atoms with E-state index in [1.54, 1.807) is 7.11 Å². The number of nitrogens with zero attached hydrogens (tertiary/aromatic N) is 2. The Morgan fingerprint density at radius 1 is 1.15 bits per heavy atom. The largest absolute Gasteiger partial charge is 0.496 e. The van der Waals surface area contributed by atoms with Gasteiger partial charge in [0.05, 0.1) is 7.11 Å². The summed E-state index contributed by atoms with van der Waals surface area (Å²) < 4.78 is 11.1. The quantitative estimate of drug-likeness (QED) is 0.894. The monoisotopic (exact) mass is 364 g/mol. The van der Waals surface area contributed by atoms with Crippen molar-refractivity contribution in [3.63, 3.8) is 0 Å². The van der Waals surface area contributed by atoms with Gasteiger partial charge in [0.25, 0.3) is 0 Å². The first kappa shape index (κ1) is 20.5. The van der Waals surface area contributed by atoms with Crippen LogP contribution in [0, 0.1) is 0 Å². The molecule has 2 heterocycles. The van der Waals surface area contributed by atoms with E-state index in [0.29, 0.717) is 0 Å². The first-order valence-electron chi connectivity index (χ1n) is 9.17. The van der Waals surface area contributed by atoms with Gasteiger partial charge in [-0.05, 0) is 39.7 Å². The predicted molar refractivity (Wildman–Crippen MR) is 101 cm³/mol. The Kier molecular flexibility index (Phi) is 6.89. The lowest BCUT2D eigenvalue weighted by atomic mass is 10.1. The average Bonchev–Trinajstić information content (AvgIpc) is 2.87. The summed E-state index contributed by atoms with van der Waals surface area (Å²) in [5.41, 5.74) is 0.760. The molecule has 1 N–H and O–H groups in total. The number of methoxy groups -OCH3 is 1. The van der Waals surface area contributed by atoms with Gasteiger partial charge in [0.15, 0.2) is 0 Å². The van der Waals surface area contributed by atoms with E-state index >= 15 is 0 Å². The zero-order chi connectivity index (χ0) is 19.3. The molecule has 146 valence electrons. The molecule has 0 spiro atoms. The van der Waals surface area contributed by atoms with Crippen LogP contribution in [0.5, 0.6) is 5.75 Å². The lowest BCUT2D eigenvalue weighted by molar-refractivity contribution is -0.00550. The van der Waals surface area contributed by atoms with Gasteiger partial charge < -0.3 is 14.6 Å². The van der Waals surface area contributed by atoms with Gasteiger partial charge in [-0.1, -0.05) is 18.2 Å². The van der Waals surface area contributed by atoms with Crippen molar-refractivity contribution in [2.24, 2.45) is 0 Å². The second-order valence-electron chi connectivity index (χ2n) is 7.78. The summed E-state index contributed by atoms with van der Waals surface area (Å²) in [7, 11) is 2.71. The van der Waals surface area contributed by atoms with Gasteiger partial charge in [-0.2, -0.15) is 0 Å². The summed E-state index contributed by atoms with van der Waals surface area (Å²) in [4.78, 5) is 16.9. The number of carbonyl (C=O) groups excluding carboxylic acids is 1. The number of carbonyl (C=O) groups is 1. The highest BCUT2D eigenvalue weighted by Gasteiger charge is 2.44. The Labute approximate surface area is 156 Å². The van der Waals surface area contributed by atoms with Crippen LogP contribution in [0.25, 0.3) is 0 Å². The Morgan fingerprint density at radius 2 is 1.73 bits per heavy atom. The second kappa shape index (κ2) is 8.73. The number of likely N-dealkylation sites (tertiary alicyclic amines) is 1. The molecular formula is C20H32N2O4. The molecule has 2 aliphatic rings. The number of hydrogen-bond donors (Lipinski definition) is 1. The molecule has 1 aromatic carbocycles. The Bertz CT molecular complexity index is 586. The van der Waals surface area contributed by atoms with Crippen LogP contribution in [-0.2, 0) is 11.3 Å². The first-order valence-corrected chi connectivity index (χ1v) is 9.17. The smallest absolute Gasteiger partial charge is 0.410 e. The molecule has 2 aliphatic heterocycles. The number of amides is 1. The third-order valence-electron chi connectivity index (χ3n) is 4.75. The molecule has 2 fully saturated rings. The highest BCUT2D eigenvalue weighted by molar-refractivity contribution is 5.69. The highest BCUT2D eigenvalue weighted by atomic mass is 16.6. The van der Waals surface area contributed by atoms with Crippen molar-refractivity contribution in [1.82, 2.24) is 9.80 Å². The van der Waals surface area contributed by atoms with Crippen molar-refractivity contribution >= 4 is 6.09 Å². The molecule has 1 amide bonds. The standard InChI is InChI=1S/C19H28N2O3.CH4O/c1-19(2,3)24-18(22)21-15-9-10-16(21)13-20(12-15)11-14-7-5-6-8-17(14)23-4;1-2/h5-8,15-16H,9-13H2,1-4H3;2H,1H3. The van der Waals surface area contributed by atoms with Crippen molar-refractivity contribution < 1.29 is 19.4 Å². The number of aliphatic hydroxyl groups excluding tert-OH is 1. The summed E-state index contributed by atoms with van der Waals surface area (Å²) in [5.74, 6) is 0.930. The Hall–Kier alpha value is -1.79. The summed E-state index contributed by atoms with van der Waals surface area (Å²) in [6, 6.07) is 8.67. The van der Waals surface area contributed by atoms with E-state index in [-0.39, 0.29) is 18.2 Å². The third-order valence-corrected chi connectivity index (χ3v) is 4.75. The van der Waals surface area contributed by atoms with Crippen LogP contribution in [0.15, 0.2) is 24.3 Å². The number of benzene rings is 1. The number of fused-ring (bicyclic) bond motifs is 2. The third kappa shape index (κ3) is 4.89. The van der Waals surface area contributed by atoms with Gasteiger partial charge in [0.2, 0.25) is 0 Å². The fourth-order valence-corrected chi connectivity index (χ4v) is 3.81. The minimum atomic E-state index is -0.439. The number of para-hydroxylation sites is 1. The lowest BCUT2D eigenvalue weighted by Crippen LogP contribution is -2.56. The molecular weight excluding hydrogens is 332 g/mol. The zero-order valence-electron chi connectivity index (χ0n) is 16.6. The number of ether oxygens (including phenoxy) is 2. The molecule has 0 saturated carbocycles. The van der Waals surface area contributed by atoms with E-state index in [1.165, 1.54) is 5.56 Å². The molecule has 6 heteroatoms. The van der Waals surface area contributed by atoms with Gasteiger partial charge in [0, 0.05) is 44.4 Å². The molecule has 0 radical (unpaired) electrons. The molecule has 2 unspecified atom stereocenters. The molecule has 2 atom stereocenters. The van der Waals surface area contributed by atoms with Gasteiger partial charge in [-0.3, -0.25) is 9.80 Å². The van der Waals surface area contributed by atoms with Crippen LogP contribution in [0.3, 0.4) is 0 Å². The molecule has 3 rings (SSSR count). The fourth-order valence-electron chi connectivity index (χ4n) is 3.81. The van der Waals surface area contributed by atoms with Gasteiger partial charge >= 0.3 is 6.09 Å². The maximum atomic E-state index is 12.5. The van der Waals surface area contributed by atoms with E-state index in [0.717, 1.165) is 45.3 Å². The minimum Gasteiger partial charge on any atom is -0.496 e. The van der Waals surface area contributed by atoms with E-state index in [4.69, 9.17) is 14.6 Å². The maximum absolute atomic E-state index is 12.5. The number of aliphatic hydroxyl groups is 1. The van der Waals surface area contributed by atoms with E-state index in [9.17, 15) is 4.79 Å². The average molecular weight is 364 g/mol.